The summed E-state index contributed by atoms with van der Waals surface area (Å²) < 4.78 is 6.43. The van der Waals surface area contributed by atoms with E-state index in [-0.39, 0.29) is 0 Å². The highest BCUT2D eigenvalue weighted by molar-refractivity contribution is 6.11. The van der Waals surface area contributed by atoms with Crippen LogP contribution in [0.1, 0.15) is 18.1 Å². The quantitative estimate of drug-likeness (QED) is 0.436. The fraction of sp³-hybridized carbons (Fsp3) is 0.217. The summed E-state index contributed by atoms with van der Waals surface area (Å²) in [6.45, 7) is 8.33. The predicted octanol–water partition coefficient (Wildman–Crippen LogP) is 6.14. The van der Waals surface area contributed by atoms with E-state index in [0.29, 0.717) is 0 Å². The Bertz CT molecular complexity index is 1140. The Kier molecular flexibility index (Phi) is 3.26. The van der Waals surface area contributed by atoms with E-state index < -0.39 is 0 Å². The third-order valence-electron chi connectivity index (χ3n) is 5.52. The highest BCUT2D eigenvalue weighted by Crippen LogP contribution is 2.46. The maximum Gasteiger partial charge on any atom is 0.159 e. The minimum absolute atomic E-state index is 0.853. The van der Waals surface area contributed by atoms with Crippen molar-refractivity contribution in [2.45, 2.75) is 20.8 Å². The molecule has 1 aliphatic heterocycles. The van der Waals surface area contributed by atoms with E-state index in [4.69, 9.17) is 4.42 Å². The van der Waals surface area contributed by atoms with Crippen molar-refractivity contribution >= 4 is 39.0 Å². The van der Waals surface area contributed by atoms with Gasteiger partial charge < -0.3 is 14.2 Å². The van der Waals surface area contributed by atoms with Crippen LogP contribution in [0, 0.1) is 13.8 Å². The maximum absolute atomic E-state index is 6.43. The zero-order chi connectivity index (χ0) is 17.8. The summed E-state index contributed by atoms with van der Waals surface area (Å²) in [5.41, 5.74) is 8.12. The molecule has 5 rings (SSSR count). The third kappa shape index (κ3) is 2.00. The summed E-state index contributed by atoms with van der Waals surface area (Å²) in [5.74, 6) is 0. The van der Waals surface area contributed by atoms with E-state index in [9.17, 15) is 0 Å². The minimum atomic E-state index is 0.853. The van der Waals surface area contributed by atoms with Crippen LogP contribution in [-0.2, 0) is 0 Å². The van der Waals surface area contributed by atoms with Gasteiger partial charge in [0, 0.05) is 17.3 Å². The molecule has 0 aliphatic carbocycles. The molecule has 0 saturated carbocycles. The van der Waals surface area contributed by atoms with Crippen LogP contribution < -0.4 is 9.80 Å². The van der Waals surface area contributed by atoms with Crippen molar-refractivity contribution in [2.24, 2.45) is 0 Å². The van der Waals surface area contributed by atoms with Crippen LogP contribution in [0.25, 0.3) is 21.9 Å². The molecule has 130 valence electrons. The standard InChI is InChI=1S/C23H22N2O/c1-4-24-14-25(20-11-6-5-10-19(20)24)21-15(2)12-13-18-17-9-7-8-16(3)22(17)26-23(18)21/h5-13H,4,14H2,1-3H3. The number of anilines is 3. The number of para-hydroxylation sites is 3. The molecule has 0 amide bonds. The van der Waals surface area contributed by atoms with Crippen molar-refractivity contribution in [3.05, 3.63) is 65.7 Å². The molecule has 1 aliphatic rings. The van der Waals surface area contributed by atoms with Gasteiger partial charge in [0.15, 0.2) is 5.58 Å². The third-order valence-corrected chi connectivity index (χ3v) is 5.52. The SMILES string of the molecule is CCN1CN(c2c(C)ccc3c2oc2c(C)cccc23)c2ccccc21. The summed E-state index contributed by atoms with van der Waals surface area (Å²) in [5, 5.41) is 2.39. The Balaban J connectivity index is 1.81. The zero-order valence-corrected chi connectivity index (χ0v) is 15.4. The van der Waals surface area contributed by atoms with Crippen LogP contribution in [0.4, 0.5) is 17.1 Å². The fourth-order valence-electron chi connectivity index (χ4n) is 4.17. The highest BCUT2D eigenvalue weighted by atomic mass is 16.3. The van der Waals surface area contributed by atoms with Crippen LogP contribution in [0.2, 0.25) is 0 Å². The lowest BCUT2D eigenvalue weighted by atomic mass is 10.1. The van der Waals surface area contributed by atoms with Crippen LogP contribution >= 0.6 is 0 Å². The zero-order valence-electron chi connectivity index (χ0n) is 15.4. The molecule has 0 unspecified atom stereocenters. The number of nitrogens with zero attached hydrogens (tertiary/aromatic N) is 2. The van der Waals surface area contributed by atoms with Crippen molar-refractivity contribution in [3.8, 4) is 0 Å². The molecule has 0 atom stereocenters. The number of fused-ring (bicyclic) bond motifs is 4. The minimum Gasteiger partial charge on any atom is -0.454 e. The number of aryl methyl sites for hydroxylation is 2. The fourth-order valence-corrected chi connectivity index (χ4v) is 4.17. The van der Waals surface area contributed by atoms with E-state index in [1.165, 1.54) is 39.0 Å². The summed E-state index contributed by atoms with van der Waals surface area (Å²) in [6, 6.07) is 19.4. The molecule has 0 radical (unpaired) electrons. The maximum atomic E-state index is 6.43. The number of hydrogen-bond donors (Lipinski definition) is 0. The first kappa shape index (κ1) is 15.3. The molecule has 3 aromatic carbocycles. The Hall–Kier alpha value is -2.94. The first-order chi connectivity index (χ1) is 12.7. The number of rotatable bonds is 2. The van der Waals surface area contributed by atoms with E-state index in [1.54, 1.807) is 0 Å². The van der Waals surface area contributed by atoms with E-state index in [0.717, 1.165) is 24.4 Å². The summed E-state index contributed by atoms with van der Waals surface area (Å²) in [4.78, 5) is 4.80. The van der Waals surface area contributed by atoms with Gasteiger partial charge in [-0.25, -0.2) is 0 Å². The van der Waals surface area contributed by atoms with Crippen LogP contribution in [-0.4, -0.2) is 13.2 Å². The Morgan fingerprint density at radius 1 is 0.808 bits per heavy atom. The largest absolute Gasteiger partial charge is 0.454 e. The van der Waals surface area contributed by atoms with Gasteiger partial charge in [0.2, 0.25) is 0 Å². The topological polar surface area (TPSA) is 19.6 Å². The molecule has 26 heavy (non-hydrogen) atoms. The second kappa shape index (κ2) is 5.53. The lowest BCUT2D eigenvalue weighted by molar-refractivity contribution is 0.664. The normalized spacial score (nSPS) is 13.8. The molecule has 0 N–H and O–H groups in total. The lowest BCUT2D eigenvalue weighted by Gasteiger charge is -2.22. The van der Waals surface area contributed by atoms with Crippen LogP contribution in [0.15, 0.2) is 59.0 Å². The average molecular weight is 342 g/mol. The van der Waals surface area contributed by atoms with Gasteiger partial charge in [-0.1, -0.05) is 42.5 Å². The van der Waals surface area contributed by atoms with Gasteiger partial charge in [-0.05, 0) is 44.0 Å². The van der Waals surface area contributed by atoms with Crippen molar-refractivity contribution in [1.82, 2.24) is 0 Å². The van der Waals surface area contributed by atoms with Crippen molar-refractivity contribution in [3.63, 3.8) is 0 Å². The molecule has 1 aromatic heterocycles. The summed E-state index contributed by atoms with van der Waals surface area (Å²) >= 11 is 0. The second-order valence-electron chi connectivity index (χ2n) is 7.08. The molecule has 4 aromatic rings. The van der Waals surface area contributed by atoms with Gasteiger partial charge in [-0.15, -0.1) is 0 Å². The first-order valence-electron chi connectivity index (χ1n) is 9.22. The molecular weight excluding hydrogens is 320 g/mol. The second-order valence-corrected chi connectivity index (χ2v) is 7.08. The smallest absolute Gasteiger partial charge is 0.159 e. The van der Waals surface area contributed by atoms with Gasteiger partial charge in [0.1, 0.15) is 5.58 Å². The van der Waals surface area contributed by atoms with E-state index in [2.05, 4.69) is 85.2 Å². The highest BCUT2D eigenvalue weighted by Gasteiger charge is 2.29. The number of benzene rings is 3. The monoisotopic (exact) mass is 342 g/mol. The molecule has 0 saturated heterocycles. The van der Waals surface area contributed by atoms with Crippen molar-refractivity contribution < 1.29 is 4.42 Å². The average Bonchev–Trinajstić information content (AvgIpc) is 3.21. The van der Waals surface area contributed by atoms with E-state index in [1.807, 2.05) is 0 Å². The molecule has 3 heteroatoms. The van der Waals surface area contributed by atoms with Crippen LogP contribution in [0.3, 0.4) is 0 Å². The molecule has 2 heterocycles. The molecule has 0 bridgehead atoms. The molecule has 3 nitrogen and oxygen atoms in total. The van der Waals surface area contributed by atoms with Crippen molar-refractivity contribution in [2.75, 3.05) is 23.0 Å². The molecule has 0 fully saturated rings. The Morgan fingerprint density at radius 3 is 2.38 bits per heavy atom. The van der Waals surface area contributed by atoms with Gasteiger partial charge in [-0.2, -0.15) is 0 Å². The Morgan fingerprint density at radius 2 is 1.58 bits per heavy atom. The summed E-state index contributed by atoms with van der Waals surface area (Å²) in [7, 11) is 0. The van der Waals surface area contributed by atoms with Crippen molar-refractivity contribution in [1.29, 1.82) is 0 Å². The predicted molar refractivity (Wildman–Crippen MR) is 110 cm³/mol. The Labute approximate surface area is 153 Å². The number of hydrogen-bond acceptors (Lipinski definition) is 3. The van der Waals surface area contributed by atoms with Gasteiger partial charge >= 0.3 is 0 Å². The van der Waals surface area contributed by atoms with E-state index >= 15 is 0 Å². The van der Waals surface area contributed by atoms with Crippen LogP contribution in [0.5, 0.6) is 0 Å². The molecular formula is C23H22N2O. The van der Waals surface area contributed by atoms with Gasteiger partial charge in [0.05, 0.1) is 23.7 Å². The van der Waals surface area contributed by atoms with Gasteiger partial charge in [0.25, 0.3) is 0 Å². The summed E-state index contributed by atoms with van der Waals surface area (Å²) in [6.07, 6.45) is 0. The lowest BCUT2D eigenvalue weighted by Crippen LogP contribution is -2.27. The molecule has 0 spiro atoms. The van der Waals surface area contributed by atoms with Gasteiger partial charge in [-0.3, -0.25) is 0 Å². The number of furan rings is 1. The first-order valence-corrected chi connectivity index (χ1v) is 9.22.